The highest BCUT2D eigenvalue weighted by atomic mass is 127. The summed E-state index contributed by atoms with van der Waals surface area (Å²) in [4.78, 5) is 7.13. The Morgan fingerprint density at radius 1 is 1.28 bits per heavy atom. The number of hydrogen-bond donors (Lipinski definition) is 2. The summed E-state index contributed by atoms with van der Waals surface area (Å²) in [5.74, 6) is 2.54. The van der Waals surface area contributed by atoms with Crippen LogP contribution in [-0.2, 0) is 24.9 Å². The molecule has 0 saturated carbocycles. The average Bonchev–Trinajstić information content (AvgIpc) is 3.41. The lowest BCUT2D eigenvalue weighted by atomic mass is 10.1. The monoisotopic (exact) mass is 555 g/mol. The van der Waals surface area contributed by atoms with Gasteiger partial charge in [-0.05, 0) is 45.7 Å². The van der Waals surface area contributed by atoms with Gasteiger partial charge in [-0.1, -0.05) is 30.3 Å². The van der Waals surface area contributed by atoms with Gasteiger partial charge in [0.2, 0.25) is 0 Å². The van der Waals surface area contributed by atoms with Crippen LogP contribution in [0.2, 0.25) is 0 Å². The van der Waals surface area contributed by atoms with Crippen molar-refractivity contribution in [1.29, 1.82) is 0 Å². The fourth-order valence-corrected chi connectivity index (χ4v) is 3.58. The number of rotatable bonds is 10. The standard InChI is InChI=1S/C23H37N7O.HI/c1-18(29(3)17-20-9-6-5-7-10-20)12-13-24-23(25-15-21-11-8-14-31-21)26-16-22-28-27-19(2)30(22)4;/h5-7,9-10,18,21H,8,11-17H2,1-4H3,(H2,24,25,26);1H. The molecule has 1 aromatic carbocycles. The van der Waals surface area contributed by atoms with E-state index in [4.69, 9.17) is 9.73 Å². The van der Waals surface area contributed by atoms with Crippen LogP contribution in [0.5, 0.6) is 0 Å². The minimum absolute atomic E-state index is 0. The second-order valence-electron chi connectivity index (χ2n) is 8.37. The highest BCUT2D eigenvalue weighted by Crippen LogP contribution is 2.11. The number of hydrogen-bond acceptors (Lipinski definition) is 5. The molecule has 0 aliphatic carbocycles. The Hall–Kier alpha value is -1.72. The van der Waals surface area contributed by atoms with Gasteiger partial charge in [0, 0.05) is 39.3 Å². The van der Waals surface area contributed by atoms with Crippen LogP contribution in [0.15, 0.2) is 35.3 Å². The number of nitrogens with one attached hydrogen (secondary N) is 2. The van der Waals surface area contributed by atoms with Crippen molar-refractivity contribution in [3.05, 3.63) is 47.5 Å². The molecule has 3 rings (SSSR count). The smallest absolute Gasteiger partial charge is 0.191 e. The molecular weight excluding hydrogens is 517 g/mol. The van der Waals surface area contributed by atoms with Gasteiger partial charge >= 0.3 is 0 Å². The van der Waals surface area contributed by atoms with Crippen LogP contribution in [0.3, 0.4) is 0 Å². The number of halogens is 1. The van der Waals surface area contributed by atoms with Gasteiger partial charge < -0.3 is 19.9 Å². The maximum atomic E-state index is 5.74. The highest BCUT2D eigenvalue weighted by Gasteiger charge is 2.16. The van der Waals surface area contributed by atoms with E-state index in [-0.39, 0.29) is 30.1 Å². The Bertz CT molecular complexity index is 821. The molecular formula is C23H38IN7O. The van der Waals surface area contributed by atoms with E-state index in [0.29, 0.717) is 12.6 Å². The zero-order valence-corrected chi connectivity index (χ0v) is 22.1. The number of aliphatic imine (C=N–C) groups is 1. The van der Waals surface area contributed by atoms with Crippen molar-refractivity contribution in [1.82, 2.24) is 30.3 Å². The number of guanidine groups is 1. The summed E-state index contributed by atoms with van der Waals surface area (Å²) < 4.78 is 7.71. The molecule has 0 radical (unpaired) electrons. The van der Waals surface area contributed by atoms with E-state index in [9.17, 15) is 0 Å². The third-order valence-electron chi connectivity index (χ3n) is 5.96. The SMILES string of the molecule is Cc1nnc(CN=C(NCCC(C)N(C)Cc2ccccc2)NCC2CCCO2)n1C.I. The second kappa shape index (κ2) is 13.7. The fourth-order valence-electron chi connectivity index (χ4n) is 3.58. The van der Waals surface area contributed by atoms with Gasteiger partial charge in [0.05, 0.1) is 6.10 Å². The van der Waals surface area contributed by atoms with Gasteiger partial charge in [0.25, 0.3) is 0 Å². The summed E-state index contributed by atoms with van der Waals surface area (Å²) >= 11 is 0. The predicted octanol–water partition coefficient (Wildman–Crippen LogP) is 2.87. The molecule has 8 nitrogen and oxygen atoms in total. The minimum Gasteiger partial charge on any atom is -0.376 e. The Morgan fingerprint density at radius 2 is 2.06 bits per heavy atom. The summed E-state index contributed by atoms with van der Waals surface area (Å²) in [6.45, 7) is 8.12. The number of aryl methyl sites for hydroxylation is 1. The number of nitrogens with zero attached hydrogens (tertiary/aromatic N) is 5. The maximum Gasteiger partial charge on any atom is 0.191 e. The van der Waals surface area contributed by atoms with E-state index < -0.39 is 0 Å². The van der Waals surface area contributed by atoms with Gasteiger partial charge in [-0.2, -0.15) is 0 Å². The van der Waals surface area contributed by atoms with Crippen molar-refractivity contribution in [2.24, 2.45) is 12.0 Å². The predicted molar refractivity (Wildman–Crippen MR) is 139 cm³/mol. The molecule has 32 heavy (non-hydrogen) atoms. The van der Waals surface area contributed by atoms with Crippen molar-refractivity contribution in [2.75, 3.05) is 26.7 Å². The van der Waals surface area contributed by atoms with Crippen LogP contribution >= 0.6 is 24.0 Å². The van der Waals surface area contributed by atoms with Crippen LogP contribution in [0.1, 0.15) is 43.4 Å². The molecule has 1 aromatic heterocycles. The van der Waals surface area contributed by atoms with E-state index in [1.54, 1.807) is 0 Å². The van der Waals surface area contributed by atoms with Crippen molar-refractivity contribution in [2.45, 2.75) is 58.3 Å². The van der Waals surface area contributed by atoms with Gasteiger partial charge in [-0.15, -0.1) is 34.2 Å². The molecule has 9 heteroatoms. The van der Waals surface area contributed by atoms with E-state index in [0.717, 1.165) is 63.1 Å². The number of benzene rings is 1. The summed E-state index contributed by atoms with van der Waals surface area (Å²) in [6.07, 6.45) is 3.52. The van der Waals surface area contributed by atoms with E-state index in [2.05, 4.69) is 70.0 Å². The molecule has 2 aromatic rings. The molecule has 1 fully saturated rings. The minimum atomic E-state index is 0. The number of ether oxygens (including phenoxy) is 1. The maximum absolute atomic E-state index is 5.74. The third-order valence-corrected chi connectivity index (χ3v) is 5.96. The second-order valence-corrected chi connectivity index (χ2v) is 8.37. The highest BCUT2D eigenvalue weighted by molar-refractivity contribution is 14.0. The van der Waals surface area contributed by atoms with Gasteiger partial charge in [0.1, 0.15) is 12.4 Å². The topological polar surface area (TPSA) is 79.6 Å². The first-order chi connectivity index (χ1) is 15.0. The van der Waals surface area contributed by atoms with Crippen molar-refractivity contribution in [3.8, 4) is 0 Å². The zero-order valence-electron chi connectivity index (χ0n) is 19.8. The first kappa shape index (κ1) is 26.5. The molecule has 2 atom stereocenters. The largest absolute Gasteiger partial charge is 0.376 e. The lowest BCUT2D eigenvalue weighted by Gasteiger charge is -2.25. The average molecular weight is 556 g/mol. The molecule has 0 bridgehead atoms. The van der Waals surface area contributed by atoms with Gasteiger partial charge in [0.15, 0.2) is 11.8 Å². The van der Waals surface area contributed by atoms with E-state index in [1.165, 1.54) is 5.56 Å². The zero-order chi connectivity index (χ0) is 22.1. The molecule has 1 aliphatic rings. The van der Waals surface area contributed by atoms with E-state index in [1.807, 2.05) is 18.5 Å². The Morgan fingerprint density at radius 3 is 2.72 bits per heavy atom. The molecule has 178 valence electrons. The summed E-state index contributed by atoms with van der Waals surface area (Å²) in [7, 11) is 4.15. The third kappa shape index (κ3) is 8.32. The Labute approximate surface area is 209 Å². The first-order valence-corrected chi connectivity index (χ1v) is 11.3. The molecule has 2 heterocycles. The van der Waals surface area contributed by atoms with E-state index >= 15 is 0 Å². The van der Waals surface area contributed by atoms with Crippen molar-refractivity contribution >= 4 is 29.9 Å². The van der Waals surface area contributed by atoms with Gasteiger partial charge in [-0.3, -0.25) is 4.90 Å². The Kier molecular flexibility index (Phi) is 11.4. The van der Waals surface area contributed by atoms with Gasteiger partial charge in [-0.25, -0.2) is 4.99 Å². The molecule has 0 spiro atoms. The quantitative estimate of drug-likeness (QED) is 0.267. The lowest BCUT2D eigenvalue weighted by molar-refractivity contribution is 0.113. The molecule has 2 unspecified atom stereocenters. The molecule has 2 N–H and O–H groups in total. The van der Waals surface area contributed by atoms with Crippen molar-refractivity contribution in [3.63, 3.8) is 0 Å². The summed E-state index contributed by atoms with van der Waals surface area (Å²) in [6, 6.07) is 11.1. The van der Waals surface area contributed by atoms with Crippen molar-refractivity contribution < 1.29 is 4.74 Å². The summed E-state index contributed by atoms with van der Waals surface area (Å²) in [5.41, 5.74) is 1.34. The summed E-state index contributed by atoms with van der Waals surface area (Å²) in [5, 5.41) is 15.3. The normalized spacial score (nSPS) is 17.3. The fraction of sp³-hybridized carbons (Fsp3) is 0.609. The lowest BCUT2D eigenvalue weighted by Crippen LogP contribution is -2.42. The first-order valence-electron chi connectivity index (χ1n) is 11.3. The van der Waals surface area contributed by atoms with Crippen LogP contribution in [-0.4, -0.2) is 64.5 Å². The van der Waals surface area contributed by atoms with Crippen LogP contribution in [0.4, 0.5) is 0 Å². The molecule has 1 aliphatic heterocycles. The number of aromatic nitrogens is 3. The molecule has 1 saturated heterocycles. The van der Waals surface area contributed by atoms with Crippen LogP contribution < -0.4 is 10.6 Å². The van der Waals surface area contributed by atoms with Crippen LogP contribution in [0, 0.1) is 6.92 Å². The Balaban J connectivity index is 0.00000363. The molecule has 0 amide bonds. The van der Waals surface area contributed by atoms with Crippen LogP contribution in [0.25, 0.3) is 0 Å².